The average Bonchev–Trinajstić information content (AvgIpc) is 3.08. The fourth-order valence-electron chi connectivity index (χ4n) is 6.76. The molecule has 3 rings (SSSR count). The van der Waals surface area contributed by atoms with Gasteiger partial charge in [-0.15, -0.1) is 0 Å². The third-order valence-corrected chi connectivity index (χ3v) is 11.0. The van der Waals surface area contributed by atoms with Crippen molar-refractivity contribution in [3.63, 3.8) is 0 Å². The fraction of sp³-hybridized carbons (Fsp3) is 0.632. The van der Waals surface area contributed by atoms with Crippen molar-refractivity contribution in [2.75, 3.05) is 45.9 Å². The number of rotatable bonds is 23. The minimum Gasteiger partial charge on any atom is -0.492 e. The number of ether oxygens (including phenoxy) is 5. The number of Topliss-reactive ketones (excluding diaryl/α,β-unsaturated/α-hetero) is 2. The van der Waals surface area contributed by atoms with Gasteiger partial charge in [-0.3, -0.25) is 9.59 Å². The van der Waals surface area contributed by atoms with Gasteiger partial charge < -0.3 is 23.7 Å². The largest absolute Gasteiger partial charge is 0.492 e. The van der Waals surface area contributed by atoms with Crippen LogP contribution in [0.4, 0.5) is 22.0 Å². The van der Waals surface area contributed by atoms with Crippen molar-refractivity contribution in [3.8, 4) is 17.2 Å². The van der Waals surface area contributed by atoms with Crippen molar-refractivity contribution in [3.05, 3.63) is 53.6 Å². The summed E-state index contributed by atoms with van der Waals surface area (Å²) in [7, 11) is 3.11. The van der Waals surface area contributed by atoms with E-state index in [0.717, 1.165) is 29.7 Å². The zero-order valence-electron chi connectivity index (χ0n) is 30.2. The molecule has 7 nitrogen and oxygen atoms in total. The van der Waals surface area contributed by atoms with Crippen LogP contribution in [0.2, 0.25) is 0 Å². The molecule has 2 atom stereocenters. The van der Waals surface area contributed by atoms with Crippen LogP contribution < -0.4 is 14.2 Å². The molecule has 1 heterocycles. The van der Waals surface area contributed by atoms with Crippen LogP contribution in [0.5, 0.6) is 17.2 Å². The second-order valence-corrected chi connectivity index (χ2v) is 14.6. The van der Waals surface area contributed by atoms with Crippen LogP contribution in [0.15, 0.2) is 42.5 Å². The Morgan fingerprint density at radius 3 is 1.96 bits per heavy atom. The third kappa shape index (κ3) is 11.3. The van der Waals surface area contributed by atoms with E-state index in [0.29, 0.717) is 56.0 Å². The molecule has 0 amide bonds. The lowest BCUT2D eigenvalue weighted by Gasteiger charge is -2.43. The number of carbonyl (C=O) groups excluding carboxylic acids is 2. The Labute approximate surface area is 302 Å². The second-order valence-electron chi connectivity index (χ2n) is 13.4. The first kappa shape index (κ1) is 42.5. The van der Waals surface area contributed by atoms with E-state index in [1.165, 1.54) is 25.6 Å². The first-order chi connectivity index (χ1) is 24.1. The standard InChI is InChI=1S/C38H51F5O7S/c1-27(44)36(28(2)45,19-8-9-21-51-22-10-20-37(39,40)38(41,42)43)18-7-6-11-33-32-17-16-31(50-26-47-5)23-34(32)48-24-35(33,3)29-12-14-30(15-13-29)49-25-46-4/h12-17,23,33H,6-11,18-22,24-26H2,1-5H3/t33-,35-/m1/s1. The quantitative estimate of drug-likeness (QED) is 0.0482. The monoisotopic (exact) mass is 746 g/mol. The molecule has 0 fully saturated rings. The molecule has 0 radical (unpaired) electrons. The molecule has 2 aromatic carbocycles. The summed E-state index contributed by atoms with van der Waals surface area (Å²) in [5.74, 6) is -2.23. The first-order valence-electron chi connectivity index (χ1n) is 17.3. The molecular weight excluding hydrogens is 695 g/mol. The molecule has 0 bridgehead atoms. The van der Waals surface area contributed by atoms with Gasteiger partial charge in [0.05, 0.1) is 12.0 Å². The summed E-state index contributed by atoms with van der Waals surface area (Å²) in [6.45, 7) is 5.75. The van der Waals surface area contributed by atoms with Gasteiger partial charge in [0.25, 0.3) is 0 Å². The van der Waals surface area contributed by atoms with Crippen molar-refractivity contribution in [2.45, 2.75) is 102 Å². The predicted octanol–water partition coefficient (Wildman–Crippen LogP) is 9.69. The summed E-state index contributed by atoms with van der Waals surface area (Å²) in [5.41, 5.74) is 0.593. The smallest absolute Gasteiger partial charge is 0.453 e. The molecule has 0 spiro atoms. The Morgan fingerprint density at radius 1 is 0.804 bits per heavy atom. The van der Waals surface area contributed by atoms with Crippen LogP contribution in [0.1, 0.15) is 95.6 Å². The van der Waals surface area contributed by atoms with E-state index >= 15 is 0 Å². The fourth-order valence-corrected chi connectivity index (χ4v) is 7.72. The number of hydrogen-bond acceptors (Lipinski definition) is 8. The Kier molecular flexibility index (Phi) is 16.1. The number of halogens is 5. The number of ketones is 2. The number of hydrogen-bond donors (Lipinski definition) is 0. The summed E-state index contributed by atoms with van der Waals surface area (Å²) >= 11 is 1.30. The summed E-state index contributed by atoms with van der Waals surface area (Å²) in [6, 6.07) is 13.7. The molecule has 2 aromatic rings. The molecule has 0 aliphatic carbocycles. The third-order valence-electron chi connectivity index (χ3n) is 9.89. The Morgan fingerprint density at radius 2 is 1.37 bits per heavy atom. The Hall–Kier alpha value is -2.90. The van der Waals surface area contributed by atoms with Crippen LogP contribution in [0.3, 0.4) is 0 Å². The van der Waals surface area contributed by atoms with Gasteiger partial charge in [-0.1, -0.05) is 44.4 Å². The number of methoxy groups -OCH3 is 2. The van der Waals surface area contributed by atoms with Gasteiger partial charge in [-0.25, -0.2) is 0 Å². The highest BCUT2D eigenvalue weighted by atomic mass is 32.2. The minimum atomic E-state index is -5.54. The van der Waals surface area contributed by atoms with Crippen LogP contribution >= 0.6 is 11.8 Å². The van der Waals surface area contributed by atoms with Gasteiger partial charge >= 0.3 is 12.1 Å². The molecule has 51 heavy (non-hydrogen) atoms. The maximum absolute atomic E-state index is 13.1. The Balaban J connectivity index is 1.66. The van der Waals surface area contributed by atoms with E-state index in [1.807, 2.05) is 42.5 Å². The predicted molar refractivity (Wildman–Crippen MR) is 187 cm³/mol. The lowest BCUT2D eigenvalue weighted by atomic mass is 9.65. The first-order valence-corrected chi connectivity index (χ1v) is 18.4. The number of fused-ring (bicyclic) bond motifs is 1. The van der Waals surface area contributed by atoms with Gasteiger partial charge in [0.15, 0.2) is 13.6 Å². The molecule has 0 saturated heterocycles. The van der Waals surface area contributed by atoms with Gasteiger partial charge in [0, 0.05) is 38.0 Å². The lowest BCUT2D eigenvalue weighted by molar-refractivity contribution is -0.284. The van der Waals surface area contributed by atoms with Crippen LogP contribution in [-0.2, 0) is 24.5 Å². The average molecular weight is 747 g/mol. The van der Waals surface area contributed by atoms with E-state index in [1.54, 1.807) is 14.2 Å². The van der Waals surface area contributed by atoms with Crippen molar-refractivity contribution in [1.82, 2.24) is 0 Å². The molecule has 13 heteroatoms. The van der Waals surface area contributed by atoms with Crippen molar-refractivity contribution < 1.29 is 55.2 Å². The summed E-state index contributed by atoms with van der Waals surface area (Å²) in [6.07, 6.45) is -2.92. The molecule has 286 valence electrons. The van der Waals surface area contributed by atoms with Crippen LogP contribution in [0.25, 0.3) is 0 Å². The SMILES string of the molecule is COCOc1ccc([C@@]2(C)COc3cc(OCOC)ccc3[C@H]2CCCCC(CCCCSCCCC(F)(F)C(F)(F)F)(C(C)=O)C(C)=O)cc1. The summed E-state index contributed by atoms with van der Waals surface area (Å²) in [4.78, 5) is 26.0. The van der Waals surface area contributed by atoms with E-state index in [9.17, 15) is 31.5 Å². The molecule has 0 unspecified atom stereocenters. The van der Waals surface area contributed by atoms with E-state index in [-0.39, 0.29) is 43.2 Å². The van der Waals surface area contributed by atoms with Crippen LogP contribution in [0, 0.1) is 5.41 Å². The topological polar surface area (TPSA) is 80.3 Å². The van der Waals surface area contributed by atoms with Gasteiger partial charge in [0.1, 0.15) is 28.8 Å². The van der Waals surface area contributed by atoms with Crippen molar-refractivity contribution in [2.24, 2.45) is 5.41 Å². The number of unbranched alkanes of at least 4 members (excludes halogenated alkanes) is 2. The number of carbonyl (C=O) groups is 2. The summed E-state index contributed by atoms with van der Waals surface area (Å²) < 4.78 is 91.1. The molecular formula is C38H51F5O7S. The second kappa shape index (κ2) is 19.3. The van der Waals surface area contributed by atoms with E-state index in [2.05, 4.69) is 6.92 Å². The van der Waals surface area contributed by atoms with E-state index < -0.39 is 29.3 Å². The number of alkyl halides is 5. The number of benzene rings is 2. The normalized spacial score (nSPS) is 17.8. The summed E-state index contributed by atoms with van der Waals surface area (Å²) in [5, 5.41) is 0. The highest BCUT2D eigenvalue weighted by Gasteiger charge is 2.56. The molecule has 0 N–H and O–H groups in total. The maximum atomic E-state index is 13.1. The van der Waals surface area contributed by atoms with Gasteiger partial charge in [-0.2, -0.15) is 33.7 Å². The van der Waals surface area contributed by atoms with Crippen molar-refractivity contribution >= 4 is 23.3 Å². The molecule has 1 aliphatic heterocycles. The molecule has 1 aliphatic rings. The Bertz CT molecular complexity index is 1390. The zero-order valence-corrected chi connectivity index (χ0v) is 31.0. The van der Waals surface area contributed by atoms with Crippen LogP contribution in [-0.4, -0.2) is 69.6 Å². The van der Waals surface area contributed by atoms with Gasteiger partial charge in [-0.05, 0) is 86.8 Å². The lowest BCUT2D eigenvalue weighted by Crippen LogP contribution is -2.40. The van der Waals surface area contributed by atoms with Crippen molar-refractivity contribution in [1.29, 1.82) is 0 Å². The highest BCUT2D eigenvalue weighted by molar-refractivity contribution is 7.99. The number of thioether (sulfide) groups is 1. The molecule has 0 aromatic heterocycles. The van der Waals surface area contributed by atoms with Gasteiger partial charge in [0.2, 0.25) is 0 Å². The minimum absolute atomic E-state index is 0.0423. The molecule has 0 saturated carbocycles. The maximum Gasteiger partial charge on any atom is 0.453 e. The highest BCUT2D eigenvalue weighted by Crippen LogP contribution is 2.50. The van der Waals surface area contributed by atoms with E-state index in [4.69, 9.17) is 23.7 Å². The zero-order chi connectivity index (χ0) is 37.7.